The average molecular weight is 279 g/mol. The molecule has 0 spiro atoms. The number of nitrogen functional groups attached to an aromatic ring is 1. The molecule has 0 saturated heterocycles. The fourth-order valence-electron chi connectivity index (χ4n) is 1.91. The third kappa shape index (κ3) is 4.15. The Morgan fingerprint density at radius 1 is 1.35 bits per heavy atom. The number of ether oxygens (including phenoxy) is 1. The highest BCUT2D eigenvalue weighted by atomic mass is 16.5. The summed E-state index contributed by atoms with van der Waals surface area (Å²) < 4.78 is 5.16. The number of amides is 2. The fourth-order valence-corrected chi connectivity index (χ4v) is 1.91. The Hall–Kier alpha value is -2.24. The zero-order valence-corrected chi connectivity index (χ0v) is 12.1. The molecule has 110 valence electrons. The lowest BCUT2D eigenvalue weighted by atomic mass is 10.1. The number of nitrogens with zero attached hydrogens (tertiary/aromatic N) is 1. The van der Waals surface area contributed by atoms with E-state index in [0.717, 1.165) is 0 Å². The maximum absolute atomic E-state index is 12.5. The molecule has 20 heavy (non-hydrogen) atoms. The van der Waals surface area contributed by atoms with Crippen molar-refractivity contribution in [2.24, 2.45) is 11.7 Å². The molecular weight excluding hydrogens is 258 g/mol. The molecule has 0 bridgehead atoms. The molecule has 6 heteroatoms. The average Bonchev–Trinajstić information content (AvgIpc) is 2.36. The van der Waals surface area contributed by atoms with Crippen molar-refractivity contribution in [1.29, 1.82) is 0 Å². The molecular formula is C14H21N3O3. The highest BCUT2D eigenvalue weighted by Crippen LogP contribution is 2.23. The van der Waals surface area contributed by atoms with Gasteiger partial charge in [0.15, 0.2) is 0 Å². The van der Waals surface area contributed by atoms with Crippen molar-refractivity contribution >= 4 is 17.5 Å². The highest BCUT2D eigenvalue weighted by Gasteiger charge is 2.22. The van der Waals surface area contributed by atoms with Gasteiger partial charge in [-0.3, -0.25) is 9.59 Å². The SMILES string of the molecule is COc1ccc(N)cc1C(=O)N(CC(N)=O)CC(C)C. The van der Waals surface area contributed by atoms with E-state index in [-0.39, 0.29) is 18.4 Å². The van der Waals surface area contributed by atoms with Gasteiger partial charge in [-0.05, 0) is 24.1 Å². The number of carbonyl (C=O) groups is 2. The summed E-state index contributed by atoms with van der Waals surface area (Å²) in [5, 5.41) is 0. The monoisotopic (exact) mass is 279 g/mol. The Balaban J connectivity index is 3.10. The number of carbonyl (C=O) groups excluding carboxylic acids is 2. The zero-order valence-electron chi connectivity index (χ0n) is 12.1. The Kier molecular flexibility index (Phi) is 5.37. The second-order valence-electron chi connectivity index (χ2n) is 5.01. The molecule has 1 aromatic carbocycles. The van der Waals surface area contributed by atoms with E-state index >= 15 is 0 Å². The second kappa shape index (κ2) is 6.79. The molecule has 1 aromatic rings. The predicted molar refractivity (Wildman–Crippen MR) is 77.3 cm³/mol. The normalized spacial score (nSPS) is 10.4. The van der Waals surface area contributed by atoms with Crippen molar-refractivity contribution in [2.75, 3.05) is 25.9 Å². The first-order chi connectivity index (χ1) is 9.35. The van der Waals surface area contributed by atoms with Crippen LogP contribution in [0.25, 0.3) is 0 Å². The molecule has 0 fully saturated rings. The lowest BCUT2D eigenvalue weighted by molar-refractivity contribution is -0.118. The van der Waals surface area contributed by atoms with Gasteiger partial charge >= 0.3 is 0 Å². The fraction of sp³-hybridized carbons (Fsp3) is 0.429. The molecule has 0 radical (unpaired) electrons. The van der Waals surface area contributed by atoms with Crippen LogP contribution in [0.3, 0.4) is 0 Å². The Morgan fingerprint density at radius 3 is 2.50 bits per heavy atom. The largest absolute Gasteiger partial charge is 0.496 e. The number of benzene rings is 1. The van der Waals surface area contributed by atoms with E-state index in [4.69, 9.17) is 16.2 Å². The number of rotatable bonds is 6. The van der Waals surface area contributed by atoms with Crippen LogP contribution >= 0.6 is 0 Å². The number of hydrogen-bond acceptors (Lipinski definition) is 4. The first-order valence-corrected chi connectivity index (χ1v) is 6.36. The molecule has 0 saturated carbocycles. The second-order valence-corrected chi connectivity index (χ2v) is 5.01. The topological polar surface area (TPSA) is 98.7 Å². The lowest BCUT2D eigenvalue weighted by Crippen LogP contribution is -2.40. The van der Waals surface area contributed by atoms with Gasteiger partial charge in [-0.1, -0.05) is 13.8 Å². The number of nitrogens with two attached hydrogens (primary N) is 2. The minimum atomic E-state index is -0.554. The summed E-state index contributed by atoms with van der Waals surface area (Å²) in [4.78, 5) is 25.1. The predicted octanol–water partition coefficient (Wildman–Crippen LogP) is 0.861. The van der Waals surface area contributed by atoms with E-state index in [2.05, 4.69) is 0 Å². The van der Waals surface area contributed by atoms with Crippen molar-refractivity contribution in [1.82, 2.24) is 4.90 Å². The quantitative estimate of drug-likeness (QED) is 0.754. The number of primary amides is 1. The van der Waals surface area contributed by atoms with Crippen LogP contribution in [0.4, 0.5) is 5.69 Å². The van der Waals surface area contributed by atoms with Crippen molar-refractivity contribution in [3.8, 4) is 5.75 Å². The third-order valence-corrected chi connectivity index (χ3v) is 2.67. The minimum absolute atomic E-state index is 0.130. The Morgan fingerprint density at radius 2 is 2.00 bits per heavy atom. The van der Waals surface area contributed by atoms with Gasteiger partial charge in [0.2, 0.25) is 5.91 Å². The van der Waals surface area contributed by atoms with Crippen LogP contribution < -0.4 is 16.2 Å². The number of hydrogen-bond donors (Lipinski definition) is 2. The van der Waals surface area contributed by atoms with Crippen LogP contribution in [-0.2, 0) is 4.79 Å². The van der Waals surface area contributed by atoms with Gasteiger partial charge in [0, 0.05) is 12.2 Å². The Bertz CT molecular complexity index is 500. The first kappa shape index (κ1) is 15.8. The molecule has 0 heterocycles. The van der Waals surface area contributed by atoms with E-state index in [1.807, 2.05) is 13.8 Å². The Labute approximate surface area is 118 Å². The molecule has 2 amide bonds. The molecule has 0 aliphatic rings. The highest BCUT2D eigenvalue weighted by molar-refractivity contribution is 5.99. The number of methoxy groups -OCH3 is 1. The van der Waals surface area contributed by atoms with Gasteiger partial charge in [0.05, 0.1) is 19.2 Å². The van der Waals surface area contributed by atoms with E-state index < -0.39 is 5.91 Å². The molecule has 0 unspecified atom stereocenters. The maximum atomic E-state index is 12.5. The van der Waals surface area contributed by atoms with Gasteiger partial charge in [-0.15, -0.1) is 0 Å². The van der Waals surface area contributed by atoms with Crippen LogP contribution in [0.1, 0.15) is 24.2 Å². The van der Waals surface area contributed by atoms with Crippen LogP contribution in [0.15, 0.2) is 18.2 Å². The molecule has 0 aliphatic heterocycles. The number of anilines is 1. The third-order valence-electron chi connectivity index (χ3n) is 2.67. The van der Waals surface area contributed by atoms with Gasteiger partial charge in [0.25, 0.3) is 5.91 Å². The van der Waals surface area contributed by atoms with Crippen LogP contribution in [0.5, 0.6) is 5.75 Å². The van der Waals surface area contributed by atoms with Gasteiger partial charge in [0.1, 0.15) is 5.75 Å². The van der Waals surface area contributed by atoms with E-state index in [1.54, 1.807) is 12.1 Å². The van der Waals surface area contributed by atoms with Crippen molar-refractivity contribution in [3.05, 3.63) is 23.8 Å². The molecule has 0 aliphatic carbocycles. The van der Waals surface area contributed by atoms with Crippen molar-refractivity contribution < 1.29 is 14.3 Å². The van der Waals surface area contributed by atoms with Gasteiger partial charge < -0.3 is 21.1 Å². The molecule has 4 N–H and O–H groups in total. The van der Waals surface area contributed by atoms with Crippen LogP contribution in [0.2, 0.25) is 0 Å². The smallest absolute Gasteiger partial charge is 0.258 e. The van der Waals surface area contributed by atoms with E-state index in [9.17, 15) is 9.59 Å². The summed E-state index contributed by atoms with van der Waals surface area (Å²) in [6.07, 6.45) is 0. The van der Waals surface area contributed by atoms with Gasteiger partial charge in [-0.25, -0.2) is 0 Å². The summed E-state index contributed by atoms with van der Waals surface area (Å²) in [5.41, 5.74) is 11.7. The summed E-state index contributed by atoms with van der Waals surface area (Å²) >= 11 is 0. The van der Waals surface area contributed by atoms with Crippen LogP contribution in [-0.4, -0.2) is 36.9 Å². The zero-order chi connectivity index (χ0) is 15.3. The van der Waals surface area contributed by atoms with E-state index in [1.165, 1.54) is 18.1 Å². The standard InChI is InChI=1S/C14H21N3O3/c1-9(2)7-17(8-13(16)18)14(19)11-6-10(15)4-5-12(11)20-3/h4-6,9H,7-8,15H2,1-3H3,(H2,16,18). The summed E-state index contributed by atoms with van der Waals surface area (Å²) in [7, 11) is 1.48. The molecule has 6 nitrogen and oxygen atoms in total. The summed E-state index contributed by atoms with van der Waals surface area (Å²) in [5.74, 6) is -0.240. The molecule has 0 aromatic heterocycles. The van der Waals surface area contributed by atoms with Gasteiger partial charge in [-0.2, -0.15) is 0 Å². The van der Waals surface area contributed by atoms with Crippen molar-refractivity contribution in [3.63, 3.8) is 0 Å². The molecule has 0 atom stereocenters. The maximum Gasteiger partial charge on any atom is 0.258 e. The first-order valence-electron chi connectivity index (χ1n) is 6.36. The molecule has 1 rings (SSSR count). The van der Waals surface area contributed by atoms with Crippen molar-refractivity contribution in [2.45, 2.75) is 13.8 Å². The van der Waals surface area contributed by atoms with E-state index in [0.29, 0.717) is 23.5 Å². The lowest BCUT2D eigenvalue weighted by Gasteiger charge is -2.24. The minimum Gasteiger partial charge on any atom is -0.496 e. The summed E-state index contributed by atoms with van der Waals surface area (Å²) in [6.45, 7) is 4.21. The van der Waals surface area contributed by atoms with Crippen LogP contribution in [0, 0.1) is 5.92 Å². The summed E-state index contributed by atoms with van der Waals surface area (Å²) in [6, 6.07) is 4.81.